The third-order valence-electron chi connectivity index (χ3n) is 2.53. The Morgan fingerprint density at radius 3 is 2.55 bits per heavy atom. The molecule has 0 bridgehead atoms. The molecular formula is C14H22N4OS. The molecule has 20 heavy (non-hydrogen) atoms. The van der Waals surface area contributed by atoms with Crippen LogP contribution in [0.1, 0.15) is 40.3 Å². The quantitative estimate of drug-likeness (QED) is 0.878. The highest BCUT2D eigenvalue weighted by Crippen LogP contribution is 2.24. The third kappa shape index (κ3) is 4.52. The van der Waals surface area contributed by atoms with Gasteiger partial charge >= 0.3 is 0 Å². The van der Waals surface area contributed by atoms with E-state index in [-0.39, 0.29) is 11.1 Å². The molecule has 0 radical (unpaired) electrons. The number of rotatable bonds is 5. The zero-order valence-corrected chi connectivity index (χ0v) is 13.5. The van der Waals surface area contributed by atoms with Gasteiger partial charge in [0.2, 0.25) is 0 Å². The van der Waals surface area contributed by atoms with Crippen LogP contribution in [-0.4, -0.2) is 21.0 Å². The fourth-order valence-electron chi connectivity index (χ4n) is 1.84. The largest absolute Gasteiger partial charge is 0.432 e. The second-order valence-electron chi connectivity index (χ2n) is 6.54. The summed E-state index contributed by atoms with van der Waals surface area (Å²) in [7, 11) is 0. The SMILES string of the molecule is CC(C)(C)Nc1nc(CC(C)(C)Nc2ncco2)cs1. The van der Waals surface area contributed by atoms with Crippen molar-refractivity contribution in [3.8, 4) is 0 Å². The Hall–Kier alpha value is -1.56. The van der Waals surface area contributed by atoms with Gasteiger partial charge in [0.15, 0.2) is 5.13 Å². The predicted molar refractivity (Wildman–Crippen MR) is 83.4 cm³/mol. The van der Waals surface area contributed by atoms with Crippen LogP contribution in [0.5, 0.6) is 0 Å². The summed E-state index contributed by atoms with van der Waals surface area (Å²) in [6, 6.07) is 0.540. The number of nitrogens with one attached hydrogen (secondary N) is 2. The van der Waals surface area contributed by atoms with Gasteiger partial charge in [0.25, 0.3) is 6.01 Å². The Morgan fingerprint density at radius 1 is 1.20 bits per heavy atom. The van der Waals surface area contributed by atoms with Crippen LogP contribution >= 0.6 is 11.3 Å². The zero-order chi connectivity index (χ0) is 14.8. The minimum Gasteiger partial charge on any atom is -0.432 e. The molecule has 0 aromatic carbocycles. The number of aromatic nitrogens is 2. The van der Waals surface area contributed by atoms with Gasteiger partial charge in [-0.05, 0) is 34.6 Å². The molecule has 2 aromatic rings. The van der Waals surface area contributed by atoms with Crippen LogP contribution in [0.2, 0.25) is 0 Å². The second-order valence-corrected chi connectivity index (χ2v) is 7.40. The average Bonchev–Trinajstić information content (AvgIpc) is 2.87. The Balaban J connectivity index is 1.98. The normalized spacial score (nSPS) is 12.4. The minimum atomic E-state index is -0.169. The van der Waals surface area contributed by atoms with E-state index < -0.39 is 0 Å². The fourth-order valence-corrected chi connectivity index (χ4v) is 2.76. The highest BCUT2D eigenvalue weighted by atomic mass is 32.1. The molecule has 0 fully saturated rings. The number of thiazole rings is 1. The maximum atomic E-state index is 5.23. The van der Waals surface area contributed by atoms with Crippen molar-refractivity contribution in [1.29, 1.82) is 0 Å². The van der Waals surface area contributed by atoms with E-state index in [4.69, 9.17) is 4.42 Å². The number of anilines is 2. The maximum absolute atomic E-state index is 5.23. The molecule has 0 atom stereocenters. The third-order valence-corrected chi connectivity index (χ3v) is 3.34. The van der Waals surface area contributed by atoms with Gasteiger partial charge in [-0.1, -0.05) is 0 Å². The molecule has 2 heterocycles. The van der Waals surface area contributed by atoms with E-state index >= 15 is 0 Å². The van der Waals surface area contributed by atoms with Crippen LogP contribution in [0.3, 0.4) is 0 Å². The van der Waals surface area contributed by atoms with Gasteiger partial charge < -0.3 is 15.1 Å². The van der Waals surface area contributed by atoms with Crippen LogP contribution in [0.4, 0.5) is 11.1 Å². The van der Waals surface area contributed by atoms with Crippen molar-refractivity contribution in [3.05, 3.63) is 23.5 Å². The first-order valence-electron chi connectivity index (χ1n) is 6.64. The van der Waals surface area contributed by atoms with Gasteiger partial charge in [-0.2, -0.15) is 0 Å². The lowest BCUT2D eigenvalue weighted by Crippen LogP contribution is -2.33. The summed E-state index contributed by atoms with van der Waals surface area (Å²) in [5.41, 5.74) is 0.921. The lowest BCUT2D eigenvalue weighted by Gasteiger charge is -2.24. The number of oxazole rings is 1. The summed E-state index contributed by atoms with van der Waals surface area (Å²) in [6.45, 7) is 10.6. The number of nitrogens with zero attached hydrogens (tertiary/aromatic N) is 2. The second kappa shape index (κ2) is 5.44. The average molecular weight is 294 g/mol. The van der Waals surface area contributed by atoms with Crippen molar-refractivity contribution in [3.63, 3.8) is 0 Å². The van der Waals surface area contributed by atoms with Gasteiger partial charge in [0, 0.05) is 22.9 Å². The molecule has 0 spiro atoms. The van der Waals surface area contributed by atoms with Gasteiger partial charge in [0.1, 0.15) is 6.26 Å². The molecule has 0 saturated heterocycles. The van der Waals surface area contributed by atoms with Crippen molar-refractivity contribution in [2.24, 2.45) is 0 Å². The lowest BCUT2D eigenvalue weighted by molar-refractivity contribution is 0.501. The van der Waals surface area contributed by atoms with E-state index in [1.807, 2.05) is 0 Å². The summed E-state index contributed by atoms with van der Waals surface area (Å²) < 4.78 is 5.23. The zero-order valence-electron chi connectivity index (χ0n) is 12.7. The molecule has 0 saturated carbocycles. The van der Waals surface area contributed by atoms with Crippen molar-refractivity contribution in [1.82, 2.24) is 9.97 Å². The van der Waals surface area contributed by atoms with E-state index in [0.717, 1.165) is 17.2 Å². The number of hydrogen-bond acceptors (Lipinski definition) is 6. The van der Waals surface area contributed by atoms with Crippen molar-refractivity contribution >= 4 is 22.5 Å². The summed E-state index contributed by atoms with van der Waals surface area (Å²) in [6.07, 6.45) is 4.00. The van der Waals surface area contributed by atoms with Crippen LogP contribution in [0.15, 0.2) is 22.3 Å². The molecule has 2 rings (SSSR count). The van der Waals surface area contributed by atoms with E-state index in [9.17, 15) is 0 Å². The number of hydrogen-bond donors (Lipinski definition) is 2. The van der Waals surface area contributed by atoms with Crippen LogP contribution < -0.4 is 10.6 Å². The fraction of sp³-hybridized carbons (Fsp3) is 0.571. The minimum absolute atomic E-state index is 0.0287. The Kier molecular flexibility index (Phi) is 4.04. The van der Waals surface area contributed by atoms with Crippen LogP contribution in [0.25, 0.3) is 0 Å². The Labute approximate surface area is 123 Å². The van der Waals surface area contributed by atoms with Crippen LogP contribution in [0, 0.1) is 0 Å². The van der Waals surface area contributed by atoms with Crippen molar-refractivity contribution in [2.45, 2.75) is 52.1 Å². The van der Waals surface area contributed by atoms with Gasteiger partial charge in [0.05, 0.1) is 11.9 Å². The lowest BCUT2D eigenvalue weighted by atomic mass is 9.99. The van der Waals surface area contributed by atoms with Crippen molar-refractivity contribution in [2.75, 3.05) is 10.6 Å². The maximum Gasteiger partial charge on any atom is 0.294 e. The molecule has 2 N–H and O–H groups in total. The standard InChI is InChI=1S/C14H22N4OS/c1-13(2,3)18-12-16-10(9-20-12)8-14(4,5)17-11-15-6-7-19-11/h6-7,9H,8H2,1-5H3,(H,15,17)(H,16,18). The first-order chi connectivity index (χ1) is 9.23. The monoisotopic (exact) mass is 294 g/mol. The first-order valence-corrected chi connectivity index (χ1v) is 7.52. The van der Waals surface area contributed by atoms with E-state index in [1.165, 1.54) is 0 Å². The van der Waals surface area contributed by atoms with Gasteiger partial charge in [-0.25, -0.2) is 9.97 Å². The topological polar surface area (TPSA) is 63.0 Å². The Morgan fingerprint density at radius 2 is 1.95 bits per heavy atom. The Bertz CT molecular complexity index is 540. The molecule has 2 aromatic heterocycles. The summed E-state index contributed by atoms with van der Waals surface area (Å²) in [5, 5.41) is 9.71. The van der Waals surface area contributed by atoms with Crippen LogP contribution in [-0.2, 0) is 6.42 Å². The molecular weight excluding hydrogens is 272 g/mol. The van der Waals surface area contributed by atoms with Gasteiger partial charge in [-0.15, -0.1) is 11.3 Å². The first kappa shape index (κ1) is 14.8. The highest BCUT2D eigenvalue weighted by molar-refractivity contribution is 7.13. The van der Waals surface area contributed by atoms with E-state index in [1.54, 1.807) is 23.8 Å². The molecule has 110 valence electrons. The summed E-state index contributed by atoms with van der Waals surface area (Å²) in [4.78, 5) is 8.72. The molecule has 0 unspecified atom stereocenters. The predicted octanol–water partition coefficient (Wildman–Crippen LogP) is 3.77. The molecule has 0 aliphatic heterocycles. The van der Waals surface area contributed by atoms with Crippen molar-refractivity contribution < 1.29 is 4.42 Å². The molecule has 6 heteroatoms. The highest BCUT2D eigenvalue weighted by Gasteiger charge is 2.22. The summed E-state index contributed by atoms with van der Waals surface area (Å²) in [5.74, 6) is 0. The van der Waals surface area contributed by atoms with E-state index in [0.29, 0.717) is 6.01 Å². The molecule has 0 aliphatic rings. The molecule has 5 nitrogen and oxygen atoms in total. The van der Waals surface area contributed by atoms with Gasteiger partial charge in [-0.3, -0.25) is 0 Å². The smallest absolute Gasteiger partial charge is 0.294 e. The molecule has 0 aliphatic carbocycles. The summed E-state index contributed by atoms with van der Waals surface area (Å²) >= 11 is 1.64. The van der Waals surface area contributed by atoms with E-state index in [2.05, 4.69) is 60.6 Å². The molecule has 0 amide bonds.